The fraction of sp³-hybridized carbons (Fsp3) is 0.150. The summed E-state index contributed by atoms with van der Waals surface area (Å²) in [5.74, 6) is -0.0249. The molecule has 0 fully saturated rings. The number of anilines is 1. The van der Waals surface area contributed by atoms with E-state index in [1.54, 1.807) is 29.7 Å². The molecule has 4 rings (SSSR count). The van der Waals surface area contributed by atoms with E-state index in [-0.39, 0.29) is 18.1 Å². The van der Waals surface area contributed by atoms with Gasteiger partial charge in [-0.05, 0) is 24.3 Å². The molecule has 6 nitrogen and oxygen atoms in total. The molecule has 0 saturated heterocycles. The molecule has 29 heavy (non-hydrogen) atoms. The maximum Gasteiger partial charge on any atom is 0.418 e. The van der Waals surface area contributed by atoms with E-state index in [1.165, 1.54) is 18.2 Å². The van der Waals surface area contributed by atoms with Crippen molar-refractivity contribution >= 4 is 22.5 Å². The first-order valence-electron chi connectivity index (χ1n) is 8.68. The first kappa shape index (κ1) is 18.7. The van der Waals surface area contributed by atoms with E-state index in [2.05, 4.69) is 15.5 Å². The van der Waals surface area contributed by atoms with E-state index in [0.717, 1.165) is 17.0 Å². The number of benzene rings is 2. The van der Waals surface area contributed by atoms with Crippen molar-refractivity contribution in [1.82, 2.24) is 14.8 Å². The van der Waals surface area contributed by atoms with Crippen LogP contribution in [0, 0.1) is 6.92 Å². The van der Waals surface area contributed by atoms with Gasteiger partial charge in [0.25, 0.3) is 5.89 Å². The maximum absolute atomic E-state index is 13.2. The number of carbonyl (C=O) groups is 1. The van der Waals surface area contributed by atoms with Gasteiger partial charge in [-0.1, -0.05) is 30.3 Å². The predicted molar refractivity (Wildman–Crippen MR) is 100 cm³/mol. The van der Waals surface area contributed by atoms with Crippen molar-refractivity contribution in [2.45, 2.75) is 19.6 Å². The smallest absolute Gasteiger partial charge is 0.418 e. The van der Waals surface area contributed by atoms with Crippen LogP contribution in [-0.2, 0) is 17.5 Å². The number of fused-ring (bicyclic) bond motifs is 1. The molecule has 0 aliphatic rings. The topological polar surface area (TPSA) is 73.0 Å². The predicted octanol–water partition coefficient (Wildman–Crippen LogP) is 4.66. The lowest BCUT2D eigenvalue weighted by molar-refractivity contribution is -0.137. The second-order valence-corrected chi connectivity index (χ2v) is 6.39. The molecule has 1 amide bonds. The van der Waals surface area contributed by atoms with Gasteiger partial charge >= 0.3 is 6.18 Å². The molecule has 4 aromatic rings. The highest BCUT2D eigenvalue weighted by atomic mass is 19.4. The van der Waals surface area contributed by atoms with Crippen LogP contribution in [-0.4, -0.2) is 20.7 Å². The Morgan fingerprint density at radius 3 is 2.55 bits per heavy atom. The van der Waals surface area contributed by atoms with Crippen LogP contribution in [0.1, 0.15) is 11.5 Å². The zero-order valence-electron chi connectivity index (χ0n) is 15.2. The van der Waals surface area contributed by atoms with Gasteiger partial charge in [0.1, 0.15) is 12.2 Å². The number of nitrogens with one attached hydrogen (secondary N) is 1. The van der Waals surface area contributed by atoms with Crippen LogP contribution in [0.3, 0.4) is 0 Å². The van der Waals surface area contributed by atoms with E-state index in [4.69, 9.17) is 4.42 Å². The number of amides is 1. The third-order valence-corrected chi connectivity index (χ3v) is 4.36. The normalized spacial score (nSPS) is 11.7. The van der Waals surface area contributed by atoms with Gasteiger partial charge in [0, 0.05) is 17.8 Å². The number of halogens is 3. The number of aryl methyl sites for hydroxylation is 1. The first-order chi connectivity index (χ1) is 13.8. The van der Waals surface area contributed by atoms with Gasteiger partial charge in [-0.15, -0.1) is 10.2 Å². The molecule has 2 aromatic carbocycles. The van der Waals surface area contributed by atoms with E-state index in [0.29, 0.717) is 11.6 Å². The van der Waals surface area contributed by atoms with Crippen LogP contribution in [0.25, 0.3) is 22.5 Å². The minimum Gasteiger partial charge on any atom is -0.420 e. The van der Waals surface area contributed by atoms with Crippen molar-refractivity contribution in [1.29, 1.82) is 0 Å². The Kier molecular flexibility index (Phi) is 4.57. The van der Waals surface area contributed by atoms with Gasteiger partial charge in [0.15, 0.2) is 0 Å². The van der Waals surface area contributed by atoms with Gasteiger partial charge in [-0.3, -0.25) is 4.79 Å². The highest BCUT2D eigenvalue weighted by Crippen LogP contribution is 2.34. The molecule has 1 N–H and O–H groups in total. The lowest BCUT2D eigenvalue weighted by atomic mass is 10.1. The molecule has 0 aliphatic heterocycles. The third-order valence-electron chi connectivity index (χ3n) is 4.36. The Morgan fingerprint density at radius 1 is 1.10 bits per heavy atom. The summed E-state index contributed by atoms with van der Waals surface area (Å²) >= 11 is 0. The minimum absolute atomic E-state index is 0.224. The second kappa shape index (κ2) is 7.08. The molecule has 0 saturated carbocycles. The Hall–Kier alpha value is -3.62. The number of alkyl halides is 3. The van der Waals surface area contributed by atoms with E-state index < -0.39 is 17.6 Å². The first-order valence-corrected chi connectivity index (χ1v) is 8.68. The van der Waals surface area contributed by atoms with E-state index in [1.807, 2.05) is 12.1 Å². The van der Waals surface area contributed by atoms with Crippen LogP contribution in [0.2, 0.25) is 0 Å². The Balaban J connectivity index is 1.69. The number of para-hydroxylation sites is 2. The number of hydrogen-bond donors (Lipinski definition) is 1. The molecule has 9 heteroatoms. The molecule has 0 atom stereocenters. The largest absolute Gasteiger partial charge is 0.420 e. The standard InChI is InChI=1S/C20H15F3N4O2/c1-12-25-26-19(29-12)17-10-13-6-2-5-9-16(13)27(17)11-18(28)24-15-8-4-3-7-14(15)20(21,22)23/h2-10H,11H2,1H3,(H,24,28). The molecular weight excluding hydrogens is 385 g/mol. The lowest BCUT2D eigenvalue weighted by Gasteiger charge is -2.14. The second-order valence-electron chi connectivity index (χ2n) is 6.39. The number of hydrogen-bond acceptors (Lipinski definition) is 4. The third kappa shape index (κ3) is 3.71. The van der Waals surface area contributed by atoms with Crippen LogP contribution < -0.4 is 5.32 Å². The fourth-order valence-corrected chi connectivity index (χ4v) is 3.13. The van der Waals surface area contributed by atoms with E-state index >= 15 is 0 Å². The highest BCUT2D eigenvalue weighted by molar-refractivity contribution is 5.94. The summed E-state index contributed by atoms with van der Waals surface area (Å²) in [6.45, 7) is 1.42. The van der Waals surface area contributed by atoms with Gasteiger partial charge in [0.2, 0.25) is 11.8 Å². The molecule has 148 valence electrons. The summed E-state index contributed by atoms with van der Waals surface area (Å²) in [5.41, 5.74) is 0.0266. The molecule has 0 bridgehead atoms. The number of nitrogens with zero attached hydrogens (tertiary/aromatic N) is 3. The number of rotatable bonds is 4. The van der Waals surface area contributed by atoms with Crippen LogP contribution in [0.4, 0.5) is 18.9 Å². The van der Waals surface area contributed by atoms with Crippen molar-refractivity contribution in [3.63, 3.8) is 0 Å². The average Bonchev–Trinajstić information content (AvgIpc) is 3.25. The van der Waals surface area contributed by atoms with Crippen LogP contribution in [0.5, 0.6) is 0 Å². The van der Waals surface area contributed by atoms with Crippen molar-refractivity contribution in [2.75, 3.05) is 5.32 Å². The van der Waals surface area contributed by atoms with Gasteiger partial charge in [-0.2, -0.15) is 13.2 Å². The Morgan fingerprint density at radius 2 is 1.83 bits per heavy atom. The number of aromatic nitrogens is 3. The molecule has 0 aliphatic carbocycles. The molecule has 0 radical (unpaired) electrons. The highest BCUT2D eigenvalue weighted by Gasteiger charge is 2.33. The summed E-state index contributed by atoms with van der Waals surface area (Å²) in [4.78, 5) is 12.6. The van der Waals surface area contributed by atoms with Gasteiger partial charge < -0.3 is 14.3 Å². The van der Waals surface area contributed by atoms with Gasteiger partial charge in [0.05, 0.1) is 11.3 Å². The summed E-state index contributed by atoms with van der Waals surface area (Å²) in [7, 11) is 0. The molecule has 0 unspecified atom stereocenters. The van der Waals surface area contributed by atoms with Crippen molar-refractivity contribution in [3.05, 3.63) is 66.1 Å². The fourth-order valence-electron chi connectivity index (χ4n) is 3.13. The Bertz CT molecular complexity index is 1190. The monoisotopic (exact) mass is 400 g/mol. The summed E-state index contributed by atoms with van der Waals surface area (Å²) < 4.78 is 46.7. The molecule has 2 aromatic heterocycles. The quantitative estimate of drug-likeness (QED) is 0.541. The zero-order valence-corrected chi connectivity index (χ0v) is 15.2. The van der Waals surface area contributed by atoms with Crippen LogP contribution >= 0.6 is 0 Å². The van der Waals surface area contributed by atoms with Gasteiger partial charge in [-0.25, -0.2) is 0 Å². The zero-order chi connectivity index (χ0) is 20.6. The van der Waals surface area contributed by atoms with Crippen molar-refractivity contribution in [3.8, 4) is 11.6 Å². The van der Waals surface area contributed by atoms with Crippen molar-refractivity contribution < 1.29 is 22.4 Å². The Labute approximate surface area is 163 Å². The molecular formula is C20H15F3N4O2. The molecule has 2 heterocycles. The lowest BCUT2D eigenvalue weighted by Crippen LogP contribution is -2.21. The average molecular weight is 400 g/mol. The maximum atomic E-state index is 13.2. The van der Waals surface area contributed by atoms with Crippen LogP contribution in [0.15, 0.2) is 59.0 Å². The number of carbonyl (C=O) groups excluding carboxylic acids is 1. The summed E-state index contributed by atoms with van der Waals surface area (Å²) in [5, 5.41) is 11.0. The minimum atomic E-state index is -4.57. The SMILES string of the molecule is Cc1nnc(-c2cc3ccccc3n2CC(=O)Nc2ccccc2C(F)(F)F)o1. The summed E-state index contributed by atoms with van der Waals surface area (Å²) in [6, 6.07) is 13.9. The molecule has 0 spiro atoms. The summed E-state index contributed by atoms with van der Waals surface area (Å²) in [6.07, 6.45) is -4.57. The van der Waals surface area contributed by atoms with E-state index in [9.17, 15) is 18.0 Å². The van der Waals surface area contributed by atoms with Crippen molar-refractivity contribution in [2.24, 2.45) is 0 Å².